The van der Waals surface area contributed by atoms with E-state index in [1.165, 1.54) is 0 Å². The molecule has 0 aliphatic carbocycles. The lowest BCUT2D eigenvalue weighted by molar-refractivity contribution is 0.422. The van der Waals surface area contributed by atoms with E-state index in [0.717, 1.165) is 10.6 Å². The Kier molecular flexibility index (Phi) is 3.10. The van der Waals surface area contributed by atoms with Gasteiger partial charge in [0.2, 0.25) is 0 Å². The second-order valence-electron chi connectivity index (χ2n) is 3.53. The number of nitrogens with zero attached hydrogens (tertiary/aromatic N) is 2. The van der Waals surface area contributed by atoms with Crippen LogP contribution in [0.15, 0.2) is 28.8 Å². The van der Waals surface area contributed by atoms with Crippen molar-refractivity contribution in [2.75, 3.05) is 5.32 Å². The molecule has 0 radical (unpaired) electrons. The van der Waals surface area contributed by atoms with Gasteiger partial charge in [-0.05, 0) is 25.5 Å². The van der Waals surface area contributed by atoms with Crippen molar-refractivity contribution in [1.82, 2.24) is 10.1 Å². The van der Waals surface area contributed by atoms with E-state index in [9.17, 15) is 0 Å². The van der Waals surface area contributed by atoms with Gasteiger partial charge in [-0.1, -0.05) is 35.0 Å². The predicted octanol–water partition coefficient (Wildman–Crippen LogP) is 3.20. The maximum Gasteiger partial charge on any atom is 0.321 e. The van der Waals surface area contributed by atoms with Crippen molar-refractivity contribution in [1.29, 1.82) is 0 Å². The highest BCUT2D eigenvalue weighted by Gasteiger charge is 2.11. The van der Waals surface area contributed by atoms with E-state index in [0.29, 0.717) is 11.8 Å². The minimum atomic E-state index is 0.0218. The lowest BCUT2D eigenvalue weighted by Gasteiger charge is -2.13. The molecular weight excluding hydrogens is 226 g/mol. The third-order valence-corrected chi connectivity index (χ3v) is 2.58. The van der Waals surface area contributed by atoms with Crippen LogP contribution in [0.1, 0.15) is 24.4 Å². The quantitative estimate of drug-likeness (QED) is 0.891. The third kappa shape index (κ3) is 2.33. The summed E-state index contributed by atoms with van der Waals surface area (Å²) in [6, 6.07) is 8.09. The van der Waals surface area contributed by atoms with Crippen LogP contribution in [0.2, 0.25) is 5.02 Å². The second kappa shape index (κ2) is 4.53. The SMILES string of the molecule is Cc1noc(NC(C)c2ccccc2Cl)n1. The Bertz CT molecular complexity index is 484. The van der Waals surface area contributed by atoms with E-state index in [-0.39, 0.29) is 6.04 Å². The third-order valence-electron chi connectivity index (χ3n) is 2.24. The fraction of sp³-hybridized carbons (Fsp3) is 0.273. The monoisotopic (exact) mass is 237 g/mol. The van der Waals surface area contributed by atoms with Gasteiger partial charge in [-0.3, -0.25) is 0 Å². The Balaban J connectivity index is 2.14. The van der Waals surface area contributed by atoms with Gasteiger partial charge in [0.05, 0.1) is 6.04 Å². The standard InChI is InChI=1S/C11H12ClN3O/c1-7(9-5-3-4-6-10(9)12)13-11-14-8(2)15-16-11/h3-7H,1-2H3,(H,13,14,15). The molecule has 0 amide bonds. The smallest absolute Gasteiger partial charge is 0.321 e. The summed E-state index contributed by atoms with van der Waals surface area (Å²) in [5.41, 5.74) is 1.00. The van der Waals surface area contributed by atoms with Gasteiger partial charge < -0.3 is 9.84 Å². The van der Waals surface area contributed by atoms with Gasteiger partial charge >= 0.3 is 6.01 Å². The first kappa shape index (κ1) is 11.0. The van der Waals surface area contributed by atoms with Crippen LogP contribution >= 0.6 is 11.6 Å². The van der Waals surface area contributed by atoms with Crippen LogP contribution in [-0.2, 0) is 0 Å². The number of hydrogen-bond donors (Lipinski definition) is 1. The summed E-state index contributed by atoms with van der Waals surface area (Å²) in [6.07, 6.45) is 0. The molecule has 1 aromatic carbocycles. The zero-order valence-electron chi connectivity index (χ0n) is 9.07. The molecule has 1 N–H and O–H groups in total. The van der Waals surface area contributed by atoms with Gasteiger partial charge in [0, 0.05) is 5.02 Å². The number of aromatic nitrogens is 2. The minimum absolute atomic E-state index is 0.0218. The number of halogens is 1. The Morgan fingerprint density at radius 2 is 2.12 bits per heavy atom. The lowest BCUT2D eigenvalue weighted by Crippen LogP contribution is -2.07. The van der Waals surface area contributed by atoms with Gasteiger partial charge in [0.25, 0.3) is 0 Å². The Hall–Kier alpha value is -1.55. The van der Waals surface area contributed by atoms with Crippen molar-refractivity contribution in [3.8, 4) is 0 Å². The van der Waals surface area contributed by atoms with Crippen molar-refractivity contribution in [3.05, 3.63) is 40.7 Å². The van der Waals surface area contributed by atoms with E-state index in [4.69, 9.17) is 16.1 Å². The Labute approximate surface area is 98.6 Å². The second-order valence-corrected chi connectivity index (χ2v) is 3.94. The van der Waals surface area contributed by atoms with E-state index in [2.05, 4.69) is 15.5 Å². The molecule has 0 fully saturated rings. The largest absolute Gasteiger partial charge is 0.331 e. The number of rotatable bonds is 3. The molecule has 0 saturated carbocycles. The van der Waals surface area contributed by atoms with Gasteiger partial charge in [0.1, 0.15) is 0 Å². The van der Waals surface area contributed by atoms with Crippen LogP contribution in [0.3, 0.4) is 0 Å². The average Bonchev–Trinajstić information content (AvgIpc) is 2.64. The van der Waals surface area contributed by atoms with Crippen LogP contribution in [0.5, 0.6) is 0 Å². The molecule has 1 heterocycles. The predicted molar refractivity (Wildman–Crippen MR) is 62.5 cm³/mol. The molecular formula is C11H12ClN3O. The van der Waals surface area contributed by atoms with E-state index >= 15 is 0 Å². The van der Waals surface area contributed by atoms with Gasteiger partial charge in [-0.25, -0.2) is 0 Å². The molecule has 1 unspecified atom stereocenters. The fourth-order valence-electron chi connectivity index (χ4n) is 1.44. The zero-order valence-corrected chi connectivity index (χ0v) is 9.82. The summed E-state index contributed by atoms with van der Waals surface area (Å²) >= 11 is 6.08. The van der Waals surface area contributed by atoms with Crippen LogP contribution in [-0.4, -0.2) is 10.1 Å². The summed E-state index contributed by atoms with van der Waals surface area (Å²) < 4.78 is 4.98. The molecule has 2 aromatic rings. The van der Waals surface area contributed by atoms with Gasteiger partial charge in [0.15, 0.2) is 5.82 Å². The first-order valence-corrected chi connectivity index (χ1v) is 5.36. The van der Waals surface area contributed by atoms with Crippen molar-refractivity contribution >= 4 is 17.6 Å². The van der Waals surface area contributed by atoms with E-state index in [1.807, 2.05) is 31.2 Å². The van der Waals surface area contributed by atoms with Gasteiger partial charge in [-0.15, -0.1) is 0 Å². The molecule has 4 nitrogen and oxygen atoms in total. The van der Waals surface area contributed by atoms with E-state index in [1.54, 1.807) is 6.92 Å². The average molecular weight is 238 g/mol. The number of aryl methyl sites for hydroxylation is 1. The number of nitrogens with one attached hydrogen (secondary N) is 1. The van der Waals surface area contributed by atoms with Crippen molar-refractivity contribution in [3.63, 3.8) is 0 Å². The Morgan fingerprint density at radius 1 is 1.38 bits per heavy atom. The summed E-state index contributed by atoms with van der Waals surface area (Å²) in [5, 5.41) is 7.52. The molecule has 0 spiro atoms. The number of hydrogen-bond acceptors (Lipinski definition) is 4. The lowest BCUT2D eigenvalue weighted by atomic mass is 10.1. The Morgan fingerprint density at radius 3 is 2.75 bits per heavy atom. The van der Waals surface area contributed by atoms with Crippen LogP contribution in [0, 0.1) is 6.92 Å². The number of anilines is 1. The van der Waals surface area contributed by atoms with Crippen LogP contribution in [0.25, 0.3) is 0 Å². The van der Waals surface area contributed by atoms with Crippen LogP contribution < -0.4 is 5.32 Å². The molecule has 0 bridgehead atoms. The van der Waals surface area contributed by atoms with Crippen molar-refractivity contribution in [2.24, 2.45) is 0 Å². The summed E-state index contributed by atoms with van der Waals surface area (Å²) in [6.45, 7) is 3.76. The molecule has 0 aliphatic rings. The molecule has 1 atom stereocenters. The summed E-state index contributed by atoms with van der Waals surface area (Å²) in [4.78, 5) is 4.07. The molecule has 84 valence electrons. The highest BCUT2D eigenvalue weighted by molar-refractivity contribution is 6.31. The number of benzene rings is 1. The topological polar surface area (TPSA) is 51.0 Å². The fourth-order valence-corrected chi connectivity index (χ4v) is 1.74. The maximum absolute atomic E-state index is 6.08. The maximum atomic E-state index is 6.08. The molecule has 0 aliphatic heterocycles. The highest BCUT2D eigenvalue weighted by atomic mass is 35.5. The first-order chi connectivity index (χ1) is 7.66. The van der Waals surface area contributed by atoms with Gasteiger partial charge in [-0.2, -0.15) is 4.98 Å². The molecule has 1 aromatic heterocycles. The van der Waals surface area contributed by atoms with Crippen molar-refractivity contribution < 1.29 is 4.52 Å². The minimum Gasteiger partial charge on any atom is -0.331 e. The summed E-state index contributed by atoms with van der Waals surface area (Å²) in [7, 11) is 0. The highest BCUT2D eigenvalue weighted by Crippen LogP contribution is 2.24. The zero-order chi connectivity index (χ0) is 11.5. The first-order valence-electron chi connectivity index (χ1n) is 4.98. The van der Waals surface area contributed by atoms with Crippen molar-refractivity contribution in [2.45, 2.75) is 19.9 Å². The van der Waals surface area contributed by atoms with E-state index < -0.39 is 0 Å². The summed E-state index contributed by atoms with van der Waals surface area (Å²) in [5.74, 6) is 0.605. The molecule has 5 heteroatoms. The molecule has 2 rings (SSSR count). The molecule has 16 heavy (non-hydrogen) atoms. The van der Waals surface area contributed by atoms with Crippen LogP contribution in [0.4, 0.5) is 6.01 Å². The normalized spacial score (nSPS) is 12.4. The molecule has 0 saturated heterocycles.